The average molecular weight is 517 g/mol. The number of dihydropyridines is 1. The second kappa shape index (κ2) is 9.96. The molecule has 2 heterocycles. The molecule has 1 saturated heterocycles. The summed E-state index contributed by atoms with van der Waals surface area (Å²) in [6.45, 7) is 6.26. The van der Waals surface area contributed by atoms with Crippen LogP contribution in [0.3, 0.4) is 0 Å². The number of aryl methyl sites for hydroxylation is 1. The number of rotatable bonds is 1. The summed E-state index contributed by atoms with van der Waals surface area (Å²) in [6, 6.07) is 4.64. The second-order valence-corrected chi connectivity index (χ2v) is 9.53. The van der Waals surface area contributed by atoms with Crippen LogP contribution in [0.25, 0.3) is 0 Å². The van der Waals surface area contributed by atoms with Gasteiger partial charge in [0.25, 0.3) is 0 Å². The zero-order chi connectivity index (χ0) is 19.4. The van der Waals surface area contributed by atoms with E-state index in [-0.39, 0.29) is 0 Å². The summed E-state index contributed by atoms with van der Waals surface area (Å²) in [5, 5.41) is 8.11. The average Bonchev–Trinajstić information content (AvgIpc) is 3.01. The first-order chi connectivity index (χ1) is 13.1. The van der Waals surface area contributed by atoms with E-state index in [4.69, 9.17) is 11.6 Å². The normalized spacial score (nSPS) is 27.4. The lowest BCUT2D eigenvalue weighted by Gasteiger charge is -2.36. The molecular weight excluding hydrogens is 488 g/mol. The Morgan fingerprint density at radius 2 is 1.89 bits per heavy atom. The first kappa shape index (κ1) is 21.4. The molecule has 0 aromatic heterocycles. The van der Waals surface area contributed by atoms with E-state index in [0.717, 1.165) is 35.4 Å². The molecule has 2 N–H and O–H groups in total. The highest BCUT2D eigenvalue weighted by Crippen LogP contribution is 2.46. The standard InChI is InChI=1S/C20H23Br2ClN2.C2H6/c21-15-8-14-4-3-13-9-16(23)10-17(22)18(13)19(20(14)25-11-15)12-2-1-6-24-7-5-12;1-2/h8-12,19-20,24-25H,1-7H2;1-2H3. The third-order valence-corrected chi connectivity index (χ3v) is 7.14. The van der Waals surface area contributed by atoms with Crippen LogP contribution < -0.4 is 10.6 Å². The Hall–Kier alpha value is -0.290. The monoisotopic (exact) mass is 514 g/mol. The number of fused-ring (bicyclic) bond motifs is 2. The minimum absolute atomic E-state index is 0.378. The minimum atomic E-state index is 0.378. The van der Waals surface area contributed by atoms with Crippen molar-refractivity contribution >= 4 is 43.5 Å². The number of halogens is 3. The third-order valence-electron chi connectivity index (χ3n) is 5.81. The van der Waals surface area contributed by atoms with E-state index in [2.05, 4.69) is 66.9 Å². The Morgan fingerprint density at radius 3 is 2.70 bits per heavy atom. The first-order valence-corrected chi connectivity index (χ1v) is 12.1. The van der Waals surface area contributed by atoms with Gasteiger partial charge in [0.1, 0.15) is 0 Å². The van der Waals surface area contributed by atoms with Crippen molar-refractivity contribution in [1.29, 1.82) is 0 Å². The van der Waals surface area contributed by atoms with Gasteiger partial charge in [0.05, 0.1) is 6.04 Å². The fourth-order valence-corrected chi connectivity index (χ4v) is 6.29. The lowest BCUT2D eigenvalue weighted by atomic mass is 9.74. The number of nitrogens with one attached hydrogen (secondary N) is 2. The highest BCUT2D eigenvalue weighted by molar-refractivity contribution is 9.12. The van der Waals surface area contributed by atoms with Gasteiger partial charge < -0.3 is 10.6 Å². The van der Waals surface area contributed by atoms with Gasteiger partial charge in [-0.15, -0.1) is 0 Å². The van der Waals surface area contributed by atoms with Crippen molar-refractivity contribution in [2.45, 2.75) is 57.9 Å². The highest BCUT2D eigenvalue weighted by Gasteiger charge is 2.38. The van der Waals surface area contributed by atoms with Crippen molar-refractivity contribution < 1.29 is 0 Å². The largest absolute Gasteiger partial charge is 0.383 e. The first-order valence-electron chi connectivity index (χ1n) is 10.1. The van der Waals surface area contributed by atoms with E-state index in [1.54, 1.807) is 0 Å². The zero-order valence-corrected chi connectivity index (χ0v) is 20.1. The van der Waals surface area contributed by atoms with Gasteiger partial charge >= 0.3 is 0 Å². The van der Waals surface area contributed by atoms with Crippen molar-refractivity contribution in [3.8, 4) is 0 Å². The predicted octanol–water partition coefficient (Wildman–Crippen LogP) is 6.68. The van der Waals surface area contributed by atoms with E-state index >= 15 is 0 Å². The number of allylic oxidation sites excluding steroid dienone is 2. The van der Waals surface area contributed by atoms with Gasteiger partial charge in [0, 0.05) is 26.1 Å². The van der Waals surface area contributed by atoms with Gasteiger partial charge in [-0.2, -0.15) is 0 Å². The number of hydrogen-bond donors (Lipinski definition) is 2. The maximum atomic E-state index is 6.38. The van der Waals surface area contributed by atoms with E-state index in [0.29, 0.717) is 17.9 Å². The van der Waals surface area contributed by atoms with E-state index in [1.807, 2.05) is 13.8 Å². The quantitative estimate of drug-likeness (QED) is 0.435. The molecule has 3 unspecified atom stereocenters. The molecule has 5 heteroatoms. The van der Waals surface area contributed by atoms with Crippen LogP contribution in [0, 0.1) is 5.92 Å². The smallest absolute Gasteiger partial charge is 0.0543 e. The summed E-state index contributed by atoms with van der Waals surface area (Å²) in [6.07, 6.45) is 10.3. The lowest BCUT2D eigenvalue weighted by molar-refractivity contribution is 0.336. The Morgan fingerprint density at radius 1 is 1.07 bits per heavy atom. The second-order valence-electron chi connectivity index (χ2n) is 7.32. The molecule has 27 heavy (non-hydrogen) atoms. The molecule has 1 fully saturated rings. The predicted molar refractivity (Wildman–Crippen MR) is 124 cm³/mol. The van der Waals surface area contributed by atoms with Gasteiger partial charge in [0.15, 0.2) is 0 Å². The molecule has 2 aliphatic heterocycles. The SMILES string of the molecule is CC.Clc1cc(Br)c2c(c1)CCC1=CC(Br)=CNC1C2C1CCCNCC1. The van der Waals surface area contributed by atoms with Crippen LogP contribution in [-0.4, -0.2) is 19.1 Å². The third kappa shape index (κ3) is 4.83. The molecule has 1 aromatic carbocycles. The van der Waals surface area contributed by atoms with Gasteiger partial charge in [-0.05, 0) is 102 Å². The molecule has 1 aliphatic carbocycles. The Balaban J connectivity index is 0.00000102. The van der Waals surface area contributed by atoms with Crippen LogP contribution in [0.2, 0.25) is 5.02 Å². The Bertz CT molecular complexity index is 721. The van der Waals surface area contributed by atoms with Gasteiger partial charge in [-0.25, -0.2) is 0 Å². The molecule has 3 aliphatic rings. The summed E-state index contributed by atoms with van der Waals surface area (Å²) in [7, 11) is 0. The van der Waals surface area contributed by atoms with Crippen molar-refractivity contribution in [2.75, 3.05) is 13.1 Å². The molecule has 3 atom stereocenters. The van der Waals surface area contributed by atoms with E-state index < -0.39 is 0 Å². The zero-order valence-electron chi connectivity index (χ0n) is 16.1. The van der Waals surface area contributed by atoms with Crippen molar-refractivity contribution in [1.82, 2.24) is 10.6 Å². The summed E-state index contributed by atoms with van der Waals surface area (Å²) >= 11 is 13.9. The Labute approximate surface area is 185 Å². The minimum Gasteiger partial charge on any atom is -0.383 e. The maximum absolute atomic E-state index is 6.38. The van der Waals surface area contributed by atoms with Gasteiger partial charge in [-0.1, -0.05) is 41.4 Å². The molecule has 0 amide bonds. The van der Waals surface area contributed by atoms with Crippen LogP contribution in [-0.2, 0) is 6.42 Å². The summed E-state index contributed by atoms with van der Waals surface area (Å²) in [5.74, 6) is 1.16. The van der Waals surface area contributed by atoms with Crippen LogP contribution in [0.4, 0.5) is 0 Å². The van der Waals surface area contributed by atoms with Crippen LogP contribution >= 0.6 is 43.5 Å². The van der Waals surface area contributed by atoms with E-state index in [9.17, 15) is 0 Å². The number of benzene rings is 1. The molecule has 0 spiro atoms. The molecule has 4 rings (SSSR count). The van der Waals surface area contributed by atoms with Gasteiger partial charge in [0.2, 0.25) is 0 Å². The summed E-state index contributed by atoms with van der Waals surface area (Å²) in [4.78, 5) is 0. The van der Waals surface area contributed by atoms with E-state index in [1.165, 1.54) is 40.4 Å². The van der Waals surface area contributed by atoms with Gasteiger partial charge in [-0.3, -0.25) is 0 Å². The number of hydrogen-bond acceptors (Lipinski definition) is 2. The lowest BCUT2D eigenvalue weighted by Crippen LogP contribution is -2.38. The van der Waals surface area contributed by atoms with Crippen molar-refractivity contribution in [3.05, 3.63) is 55.1 Å². The molecule has 1 aromatic rings. The van der Waals surface area contributed by atoms with Crippen LogP contribution in [0.1, 0.15) is 56.6 Å². The molecule has 148 valence electrons. The van der Waals surface area contributed by atoms with Crippen LogP contribution in [0.5, 0.6) is 0 Å². The topological polar surface area (TPSA) is 24.1 Å². The molecule has 0 bridgehead atoms. The van der Waals surface area contributed by atoms with Crippen molar-refractivity contribution in [3.63, 3.8) is 0 Å². The fourth-order valence-electron chi connectivity index (χ4n) is 4.72. The van der Waals surface area contributed by atoms with Crippen molar-refractivity contribution in [2.24, 2.45) is 5.92 Å². The maximum Gasteiger partial charge on any atom is 0.0543 e. The highest BCUT2D eigenvalue weighted by atomic mass is 79.9. The summed E-state index contributed by atoms with van der Waals surface area (Å²) < 4.78 is 2.32. The molecule has 0 saturated carbocycles. The molecule has 2 nitrogen and oxygen atoms in total. The Kier molecular flexibility index (Phi) is 7.90. The van der Waals surface area contributed by atoms with Crippen LogP contribution in [0.15, 0.2) is 38.9 Å². The summed E-state index contributed by atoms with van der Waals surface area (Å²) in [5.41, 5.74) is 4.40. The molecule has 0 radical (unpaired) electrons. The fraction of sp³-hybridized carbons (Fsp3) is 0.545. The molecular formula is C22H29Br2ClN2.